The van der Waals surface area contributed by atoms with Crippen molar-refractivity contribution in [1.29, 1.82) is 0 Å². The number of ketones is 1. The van der Waals surface area contributed by atoms with Crippen molar-refractivity contribution in [3.8, 4) is 0 Å². The van der Waals surface area contributed by atoms with Crippen LogP contribution in [0.25, 0.3) is 0 Å². The van der Waals surface area contributed by atoms with Gasteiger partial charge in [-0.15, -0.1) is 0 Å². The van der Waals surface area contributed by atoms with E-state index in [1.165, 1.54) is 12.1 Å². The highest BCUT2D eigenvalue weighted by Crippen LogP contribution is 2.24. The summed E-state index contributed by atoms with van der Waals surface area (Å²) in [5.41, 5.74) is 0.217. The molecule has 0 N–H and O–H groups in total. The fourth-order valence-electron chi connectivity index (χ4n) is 1.18. The van der Waals surface area contributed by atoms with Crippen LogP contribution in [0.4, 0.5) is 17.6 Å². The molecule has 0 unspecified atom stereocenters. The van der Waals surface area contributed by atoms with Crippen molar-refractivity contribution in [2.75, 3.05) is 0 Å². The SMILES string of the molecule is O=C(Cc1cccc(F)c1Br)CC(F)(F)F. The lowest BCUT2D eigenvalue weighted by Crippen LogP contribution is -2.16. The van der Waals surface area contributed by atoms with Crippen molar-refractivity contribution in [1.82, 2.24) is 0 Å². The first-order valence-electron chi connectivity index (χ1n) is 4.31. The van der Waals surface area contributed by atoms with Gasteiger partial charge in [0.25, 0.3) is 0 Å². The van der Waals surface area contributed by atoms with Gasteiger partial charge in [-0.05, 0) is 27.6 Å². The highest BCUT2D eigenvalue weighted by Gasteiger charge is 2.31. The van der Waals surface area contributed by atoms with Crippen molar-refractivity contribution in [3.63, 3.8) is 0 Å². The fourth-order valence-corrected chi connectivity index (χ4v) is 1.59. The molecule has 0 aliphatic heterocycles. The Morgan fingerprint density at radius 3 is 2.50 bits per heavy atom. The van der Waals surface area contributed by atoms with Crippen molar-refractivity contribution in [3.05, 3.63) is 34.1 Å². The van der Waals surface area contributed by atoms with Gasteiger partial charge in [-0.3, -0.25) is 4.79 Å². The molecule has 6 heteroatoms. The summed E-state index contributed by atoms with van der Waals surface area (Å²) in [5, 5.41) is 0. The number of carbonyl (C=O) groups is 1. The van der Waals surface area contributed by atoms with E-state index < -0.39 is 30.6 Å². The lowest BCUT2D eigenvalue weighted by molar-refractivity contribution is -0.151. The second-order valence-electron chi connectivity index (χ2n) is 3.22. The molecule has 0 aliphatic rings. The minimum atomic E-state index is -4.52. The number of alkyl halides is 3. The molecule has 0 atom stereocenters. The highest BCUT2D eigenvalue weighted by molar-refractivity contribution is 9.10. The maximum atomic E-state index is 13.0. The first kappa shape index (κ1) is 13.2. The van der Waals surface area contributed by atoms with E-state index in [0.717, 1.165) is 6.07 Å². The molecule has 0 saturated heterocycles. The van der Waals surface area contributed by atoms with Gasteiger partial charge in [0.1, 0.15) is 18.0 Å². The summed E-state index contributed by atoms with van der Waals surface area (Å²) in [6, 6.07) is 3.90. The average Bonchev–Trinajstić information content (AvgIpc) is 2.09. The van der Waals surface area contributed by atoms with Crippen LogP contribution in [0.5, 0.6) is 0 Å². The number of hydrogen-bond acceptors (Lipinski definition) is 1. The summed E-state index contributed by atoms with van der Waals surface area (Å²) in [6.07, 6.45) is -6.44. The van der Waals surface area contributed by atoms with Crippen LogP contribution in [0.3, 0.4) is 0 Å². The molecule has 0 saturated carbocycles. The van der Waals surface area contributed by atoms with Gasteiger partial charge in [0.15, 0.2) is 0 Å². The normalized spacial score (nSPS) is 11.6. The molecule has 1 nitrogen and oxygen atoms in total. The van der Waals surface area contributed by atoms with Gasteiger partial charge in [-0.1, -0.05) is 12.1 Å². The molecule has 16 heavy (non-hydrogen) atoms. The van der Waals surface area contributed by atoms with Gasteiger partial charge >= 0.3 is 6.18 Å². The lowest BCUT2D eigenvalue weighted by atomic mass is 10.1. The van der Waals surface area contributed by atoms with Crippen LogP contribution in [0, 0.1) is 5.82 Å². The van der Waals surface area contributed by atoms with E-state index in [2.05, 4.69) is 15.9 Å². The van der Waals surface area contributed by atoms with E-state index >= 15 is 0 Å². The topological polar surface area (TPSA) is 17.1 Å². The first-order valence-corrected chi connectivity index (χ1v) is 5.10. The maximum Gasteiger partial charge on any atom is 0.395 e. The molecular formula is C10H7BrF4O. The maximum absolute atomic E-state index is 13.0. The number of rotatable bonds is 3. The Balaban J connectivity index is 2.74. The molecule has 0 aliphatic carbocycles. The molecule has 0 fully saturated rings. The van der Waals surface area contributed by atoms with Crippen molar-refractivity contribution in [2.24, 2.45) is 0 Å². The molecule has 1 rings (SSSR count). The van der Waals surface area contributed by atoms with Crippen LogP contribution in [-0.4, -0.2) is 12.0 Å². The van der Waals surface area contributed by atoms with E-state index in [1.54, 1.807) is 0 Å². The number of hydrogen-bond donors (Lipinski definition) is 0. The monoisotopic (exact) mass is 298 g/mol. The van der Waals surface area contributed by atoms with E-state index in [1.807, 2.05) is 0 Å². The van der Waals surface area contributed by atoms with Crippen LogP contribution < -0.4 is 0 Å². The second-order valence-corrected chi connectivity index (χ2v) is 4.01. The van der Waals surface area contributed by atoms with E-state index in [9.17, 15) is 22.4 Å². The predicted molar refractivity (Wildman–Crippen MR) is 53.5 cm³/mol. The van der Waals surface area contributed by atoms with Crippen molar-refractivity contribution < 1.29 is 22.4 Å². The summed E-state index contributed by atoms with van der Waals surface area (Å²) in [7, 11) is 0. The predicted octanol–water partition coefficient (Wildman–Crippen LogP) is 3.65. The molecule has 0 radical (unpaired) electrons. The minimum Gasteiger partial charge on any atom is -0.299 e. The summed E-state index contributed by atoms with van der Waals surface area (Å²) in [4.78, 5) is 11.0. The summed E-state index contributed by atoms with van der Waals surface area (Å²) >= 11 is 2.88. The van der Waals surface area contributed by atoms with Gasteiger partial charge < -0.3 is 0 Å². The molecule has 0 amide bonds. The Kier molecular flexibility index (Phi) is 4.07. The first-order chi connectivity index (χ1) is 7.29. The van der Waals surface area contributed by atoms with Gasteiger partial charge in [-0.25, -0.2) is 4.39 Å². The molecule has 0 aromatic heterocycles. The Labute approximate surface area is 97.6 Å². The third kappa shape index (κ3) is 3.92. The molecular weight excluding hydrogens is 292 g/mol. The zero-order valence-electron chi connectivity index (χ0n) is 7.94. The number of Topliss-reactive ketones (excluding diaryl/α,β-unsaturated/α-hetero) is 1. The summed E-state index contributed by atoms with van der Waals surface area (Å²) in [5.74, 6) is -1.59. The Morgan fingerprint density at radius 1 is 1.31 bits per heavy atom. The van der Waals surface area contributed by atoms with Crippen molar-refractivity contribution >= 4 is 21.7 Å². The summed E-state index contributed by atoms with van der Waals surface area (Å²) in [6.45, 7) is 0. The van der Waals surface area contributed by atoms with Crippen LogP contribution in [0.15, 0.2) is 22.7 Å². The van der Waals surface area contributed by atoms with Gasteiger partial charge in [0.2, 0.25) is 0 Å². The van der Waals surface area contributed by atoms with Gasteiger partial charge in [0.05, 0.1) is 4.47 Å². The Morgan fingerprint density at radius 2 is 1.94 bits per heavy atom. The van der Waals surface area contributed by atoms with Crippen molar-refractivity contribution in [2.45, 2.75) is 19.0 Å². The standard InChI is InChI=1S/C10H7BrF4O/c11-9-6(2-1-3-8(9)12)4-7(16)5-10(13,14)15/h1-3H,4-5H2. The Bertz CT molecular complexity index is 400. The fraction of sp³-hybridized carbons (Fsp3) is 0.300. The zero-order valence-corrected chi connectivity index (χ0v) is 9.53. The van der Waals surface area contributed by atoms with Crippen LogP contribution in [0.2, 0.25) is 0 Å². The summed E-state index contributed by atoms with van der Waals surface area (Å²) < 4.78 is 48.7. The van der Waals surface area contributed by atoms with E-state index in [4.69, 9.17) is 0 Å². The average molecular weight is 299 g/mol. The largest absolute Gasteiger partial charge is 0.395 e. The molecule has 1 aromatic rings. The van der Waals surface area contributed by atoms with Crippen LogP contribution in [-0.2, 0) is 11.2 Å². The molecule has 1 aromatic carbocycles. The smallest absolute Gasteiger partial charge is 0.299 e. The molecule has 0 bridgehead atoms. The third-order valence-electron chi connectivity index (χ3n) is 1.82. The highest BCUT2D eigenvalue weighted by atomic mass is 79.9. The quantitative estimate of drug-likeness (QED) is 0.779. The minimum absolute atomic E-state index is 0.0329. The van der Waals surface area contributed by atoms with Crippen LogP contribution in [0.1, 0.15) is 12.0 Å². The zero-order chi connectivity index (χ0) is 12.3. The number of benzene rings is 1. The molecule has 0 spiro atoms. The molecule has 88 valence electrons. The molecule has 0 heterocycles. The van der Waals surface area contributed by atoms with Gasteiger partial charge in [-0.2, -0.15) is 13.2 Å². The van der Waals surface area contributed by atoms with E-state index in [0.29, 0.717) is 0 Å². The lowest BCUT2D eigenvalue weighted by Gasteiger charge is -2.07. The van der Waals surface area contributed by atoms with Gasteiger partial charge in [0, 0.05) is 6.42 Å². The second kappa shape index (κ2) is 4.95. The Hall–Kier alpha value is -0.910. The number of carbonyl (C=O) groups excluding carboxylic acids is 1. The van der Waals surface area contributed by atoms with Crippen LogP contribution >= 0.6 is 15.9 Å². The third-order valence-corrected chi connectivity index (χ3v) is 2.70. The number of halogens is 5. The van der Waals surface area contributed by atoms with E-state index in [-0.39, 0.29) is 10.0 Å².